The van der Waals surface area contributed by atoms with Gasteiger partial charge in [-0.15, -0.1) is 0 Å². The molecule has 0 bridgehead atoms. The van der Waals surface area contributed by atoms with Gasteiger partial charge in [0.2, 0.25) is 5.91 Å². The van der Waals surface area contributed by atoms with Gasteiger partial charge in [0.1, 0.15) is 0 Å². The molecule has 68 valence electrons. The van der Waals surface area contributed by atoms with Gasteiger partial charge < -0.3 is 4.90 Å². The maximum atomic E-state index is 11.6. The van der Waals surface area contributed by atoms with Crippen molar-refractivity contribution >= 4 is 11.6 Å². The Bertz CT molecular complexity index is 370. The average Bonchev–Trinajstić information content (AvgIpc) is 2.32. The lowest BCUT2D eigenvalue weighted by Crippen LogP contribution is -2.22. The van der Waals surface area contributed by atoms with E-state index in [2.05, 4.69) is 18.2 Å². The molecule has 0 spiro atoms. The number of likely N-dealkylation sites (N-methyl/N-ethyl adjacent to an activating group) is 1. The first-order valence-electron chi connectivity index (χ1n) is 4.49. The molecule has 1 aliphatic rings. The second-order valence-electron chi connectivity index (χ2n) is 3.68. The van der Waals surface area contributed by atoms with Crippen LogP contribution in [0.2, 0.25) is 0 Å². The van der Waals surface area contributed by atoms with Gasteiger partial charge in [-0.2, -0.15) is 0 Å². The fourth-order valence-electron chi connectivity index (χ4n) is 1.85. The maximum Gasteiger partial charge on any atom is 0.234 e. The summed E-state index contributed by atoms with van der Waals surface area (Å²) in [5.74, 6) is 0.223. The van der Waals surface area contributed by atoms with E-state index in [1.165, 1.54) is 5.56 Å². The molecule has 1 atom stereocenters. The smallest absolute Gasteiger partial charge is 0.234 e. The molecule has 1 amide bonds. The van der Waals surface area contributed by atoms with Crippen LogP contribution in [0.3, 0.4) is 0 Å². The number of amides is 1. The van der Waals surface area contributed by atoms with Gasteiger partial charge in [0.25, 0.3) is 0 Å². The summed E-state index contributed by atoms with van der Waals surface area (Å²) in [4.78, 5) is 13.3. The topological polar surface area (TPSA) is 20.3 Å². The molecule has 1 aromatic rings. The average molecular weight is 175 g/mol. The molecule has 0 N–H and O–H groups in total. The van der Waals surface area contributed by atoms with Crippen LogP contribution >= 0.6 is 0 Å². The Morgan fingerprint density at radius 2 is 2.08 bits per heavy atom. The summed E-state index contributed by atoms with van der Waals surface area (Å²) >= 11 is 0. The number of hydrogen-bond donors (Lipinski definition) is 0. The third-order valence-electron chi connectivity index (χ3n) is 2.71. The molecule has 0 fully saturated rings. The van der Waals surface area contributed by atoms with Gasteiger partial charge in [0.05, 0.1) is 5.92 Å². The highest BCUT2D eigenvalue weighted by Crippen LogP contribution is 2.36. The van der Waals surface area contributed by atoms with Crippen molar-refractivity contribution in [3.63, 3.8) is 0 Å². The molecule has 2 heteroatoms. The maximum absolute atomic E-state index is 11.6. The van der Waals surface area contributed by atoms with Crippen LogP contribution in [0.5, 0.6) is 0 Å². The molecular formula is C11H13NO. The summed E-state index contributed by atoms with van der Waals surface area (Å²) < 4.78 is 0. The van der Waals surface area contributed by atoms with E-state index in [0.29, 0.717) is 0 Å². The van der Waals surface area contributed by atoms with Crippen molar-refractivity contribution in [2.45, 2.75) is 19.8 Å². The molecular weight excluding hydrogens is 162 g/mol. The van der Waals surface area contributed by atoms with Gasteiger partial charge in [0, 0.05) is 12.7 Å². The van der Waals surface area contributed by atoms with E-state index in [4.69, 9.17) is 0 Å². The standard InChI is InChI=1S/C11H13NO/c1-7-4-5-9-8(2)11(13)12(3)10(9)6-7/h4-6,8H,1-3H3. The summed E-state index contributed by atoms with van der Waals surface area (Å²) in [5.41, 5.74) is 3.42. The van der Waals surface area contributed by atoms with E-state index in [0.717, 1.165) is 11.3 Å². The number of rotatable bonds is 0. The minimum Gasteiger partial charge on any atom is -0.315 e. The molecule has 2 nitrogen and oxygen atoms in total. The molecule has 0 radical (unpaired) electrons. The van der Waals surface area contributed by atoms with Crippen LogP contribution in [-0.4, -0.2) is 13.0 Å². The number of nitrogens with zero attached hydrogens (tertiary/aromatic N) is 1. The molecule has 0 saturated carbocycles. The summed E-state index contributed by atoms with van der Waals surface area (Å²) in [6.45, 7) is 4.00. The Labute approximate surface area is 78.2 Å². The van der Waals surface area contributed by atoms with E-state index < -0.39 is 0 Å². The van der Waals surface area contributed by atoms with Crippen LogP contribution in [0.1, 0.15) is 24.0 Å². The van der Waals surface area contributed by atoms with Crippen LogP contribution in [0.15, 0.2) is 18.2 Å². The number of benzene rings is 1. The molecule has 1 aromatic carbocycles. The first-order valence-corrected chi connectivity index (χ1v) is 4.49. The van der Waals surface area contributed by atoms with Crippen LogP contribution in [-0.2, 0) is 4.79 Å². The van der Waals surface area contributed by atoms with Crippen LogP contribution in [0.4, 0.5) is 5.69 Å². The molecule has 2 rings (SSSR count). The largest absolute Gasteiger partial charge is 0.315 e. The van der Waals surface area contributed by atoms with Gasteiger partial charge in [-0.1, -0.05) is 12.1 Å². The van der Waals surface area contributed by atoms with Crippen molar-refractivity contribution in [3.8, 4) is 0 Å². The van der Waals surface area contributed by atoms with Gasteiger partial charge >= 0.3 is 0 Å². The minimum absolute atomic E-state index is 0.0283. The predicted molar refractivity (Wildman–Crippen MR) is 53.0 cm³/mol. The molecule has 0 aromatic heterocycles. The van der Waals surface area contributed by atoms with E-state index in [-0.39, 0.29) is 11.8 Å². The highest BCUT2D eigenvalue weighted by molar-refractivity contribution is 6.04. The van der Waals surface area contributed by atoms with Gasteiger partial charge in [-0.05, 0) is 31.0 Å². The number of carbonyl (C=O) groups is 1. The van der Waals surface area contributed by atoms with E-state index >= 15 is 0 Å². The van der Waals surface area contributed by atoms with Gasteiger partial charge in [-0.25, -0.2) is 0 Å². The quantitative estimate of drug-likeness (QED) is 0.591. The zero-order valence-electron chi connectivity index (χ0n) is 8.16. The van der Waals surface area contributed by atoms with Crippen molar-refractivity contribution in [2.75, 3.05) is 11.9 Å². The normalized spacial score (nSPS) is 20.7. The number of hydrogen-bond acceptors (Lipinski definition) is 1. The Morgan fingerprint density at radius 1 is 1.38 bits per heavy atom. The first kappa shape index (κ1) is 8.30. The second kappa shape index (κ2) is 2.59. The molecule has 1 unspecified atom stereocenters. The number of aryl methyl sites for hydroxylation is 1. The summed E-state index contributed by atoms with van der Waals surface area (Å²) in [6.07, 6.45) is 0. The van der Waals surface area contributed by atoms with Crippen molar-refractivity contribution < 1.29 is 4.79 Å². The molecule has 13 heavy (non-hydrogen) atoms. The van der Waals surface area contributed by atoms with Gasteiger partial charge in [-0.3, -0.25) is 4.79 Å². The second-order valence-corrected chi connectivity index (χ2v) is 3.68. The van der Waals surface area contributed by atoms with Crippen LogP contribution < -0.4 is 4.90 Å². The highest BCUT2D eigenvalue weighted by atomic mass is 16.2. The monoisotopic (exact) mass is 175 g/mol. The third kappa shape index (κ3) is 1.05. The Hall–Kier alpha value is -1.31. The van der Waals surface area contributed by atoms with Crippen molar-refractivity contribution in [2.24, 2.45) is 0 Å². The third-order valence-corrected chi connectivity index (χ3v) is 2.71. The van der Waals surface area contributed by atoms with Gasteiger partial charge in [0.15, 0.2) is 0 Å². The SMILES string of the molecule is Cc1ccc2c(c1)N(C)C(=O)C2C. The summed E-state index contributed by atoms with van der Waals surface area (Å²) in [6, 6.07) is 6.18. The van der Waals surface area contributed by atoms with Crippen LogP contribution in [0, 0.1) is 6.92 Å². The van der Waals surface area contributed by atoms with E-state index in [9.17, 15) is 4.79 Å². The number of fused-ring (bicyclic) bond motifs is 1. The molecule has 1 aliphatic heterocycles. The van der Waals surface area contributed by atoms with Crippen molar-refractivity contribution in [1.29, 1.82) is 0 Å². The minimum atomic E-state index is 0.0283. The van der Waals surface area contributed by atoms with E-state index in [1.54, 1.807) is 4.90 Å². The van der Waals surface area contributed by atoms with Crippen LogP contribution in [0.25, 0.3) is 0 Å². The van der Waals surface area contributed by atoms with E-state index in [1.807, 2.05) is 20.9 Å². The number of anilines is 1. The Kier molecular flexibility index (Phi) is 1.65. The lowest BCUT2D eigenvalue weighted by molar-refractivity contribution is -0.118. The molecule has 0 aliphatic carbocycles. The Morgan fingerprint density at radius 3 is 2.77 bits per heavy atom. The predicted octanol–water partition coefficient (Wildman–Crippen LogP) is 2.07. The fraction of sp³-hybridized carbons (Fsp3) is 0.364. The summed E-state index contributed by atoms with van der Waals surface area (Å²) in [7, 11) is 1.84. The molecule has 0 saturated heterocycles. The van der Waals surface area contributed by atoms with Crippen molar-refractivity contribution in [3.05, 3.63) is 29.3 Å². The highest BCUT2D eigenvalue weighted by Gasteiger charge is 2.31. The lowest BCUT2D eigenvalue weighted by atomic mass is 10.0. The zero-order chi connectivity index (χ0) is 9.59. The first-order chi connectivity index (χ1) is 6.11. The molecule has 1 heterocycles. The number of carbonyl (C=O) groups excluding carboxylic acids is 1. The fourth-order valence-corrected chi connectivity index (χ4v) is 1.85. The lowest BCUT2D eigenvalue weighted by Gasteiger charge is -2.09. The van der Waals surface area contributed by atoms with Crippen molar-refractivity contribution in [1.82, 2.24) is 0 Å². The Balaban J connectivity index is 2.60. The summed E-state index contributed by atoms with van der Waals surface area (Å²) in [5, 5.41) is 0. The zero-order valence-corrected chi connectivity index (χ0v) is 8.16.